The zero-order valence-electron chi connectivity index (χ0n) is 16.6. The Balaban J connectivity index is 1.69. The quantitative estimate of drug-likeness (QED) is 0.769. The van der Waals surface area contributed by atoms with Crippen LogP contribution in [0.3, 0.4) is 0 Å². The van der Waals surface area contributed by atoms with Gasteiger partial charge in [0.05, 0.1) is 12.7 Å². The molecule has 2 aliphatic rings. The predicted molar refractivity (Wildman–Crippen MR) is 110 cm³/mol. The van der Waals surface area contributed by atoms with Gasteiger partial charge < -0.3 is 14.7 Å². The fraction of sp³-hybridized carbons (Fsp3) is 0.429. The number of piperazine rings is 1. The van der Waals surface area contributed by atoms with Gasteiger partial charge in [-0.25, -0.2) is 4.98 Å². The summed E-state index contributed by atoms with van der Waals surface area (Å²) in [4.78, 5) is 40.8. The van der Waals surface area contributed by atoms with E-state index in [0.717, 1.165) is 11.4 Å². The molecule has 0 N–H and O–H groups in total. The molecule has 0 unspecified atom stereocenters. The van der Waals surface area contributed by atoms with E-state index in [9.17, 15) is 9.59 Å². The largest absolute Gasteiger partial charge is 0.352 e. The van der Waals surface area contributed by atoms with Gasteiger partial charge in [-0.3, -0.25) is 14.6 Å². The fourth-order valence-electron chi connectivity index (χ4n) is 4.19. The molecule has 7 nitrogen and oxygen atoms in total. The lowest BCUT2D eigenvalue weighted by Gasteiger charge is -2.48. The number of amides is 2. The molecule has 1 spiro atoms. The molecule has 1 aromatic carbocycles. The highest BCUT2D eigenvalue weighted by Crippen LogP contribution is 2.37. The lowest BCUT2D eigenvalue weighted by molar-refractivity contribution is -0.166. The summed E-state index contributed by atoms with van der Waals surface area (Å²) in [6.45, 7) is 5.43. The van der Waals surface area contributed by atoms with Crippen LogP contribution in [-0.2, 0) is 16.1 Å². The zero-order valence-corrected chi connectivity index (χ0v) is 17.3. The van der Waals surface area contributed by atoms with Crippen LogP contribution in [-0.4, -0.2) is 62.8 Å². The molecule has 4 rings (SSSR count). The standard InChI is InChI=1S/C21H24ClN5O2/c1-15(2)26-13-19(28)27(12-16-3-5-17(22)6-4-16)21(20(26)29)7-10-25(14-21)18-11-23-8-9-24-18/h3-6,8-9,11,15H,7,10,12-14H2,1-2H3/t21-/m1/s1. The van der Waals surface area contributed by atoms with Gasteiger partial charge in [0.2, 0.25) is 5.91 Å². The van der Waals surface area contributed by atoms with E-state index in [1.165, 1.54) is 0 Å². The number of hydrogen-bond acceptors (Lipinski definition) is 5. The Bertz CT molecular complexity index is 905. The van der Waals surface area contributed by atoms with E-state index >= 15 is 0 Å². The Morgan fingerprint density at radius 3 is 2.59 bits per heavy atom. The molecule has 0 bridgehead atoms. The molecule has 0 aliphatic carbocycles. The highest BCUT2D eigenvalue weighted by Gasteiger charge is 2.56. The van der Waals surface area contributed by atoms with Crippen molar-refractivity contribution in [1.29, 1.82) is 0 Å². The monoisotopic (exact) mass is 413 g/mol. The molecule has 0 saturated carbocycles. The second-order valence-electron chi connectivity index (χ2n) is 7.90. The third kappa shape index (κ3) is 3.55. The summed E-state index contributed by atoms with van der Waals surface area (Å²) in [5.41, 5.74) is 0.0439. The van der Waals surface area contributed by atoms with E-state index in [-0.39, 0.29) is 24.4 Å². The van der Waals surface area contributed by atoms with Crippen LogP contribution in [0.4, 0.5) is 5.82 Å². The number of anilines is 1. The van der Waals surface area contributed by atoms with E-state index in [4.69, 9.17) is 11.6 Å². The summed E-state index contributed by atoms with van der Waals surface area (Å²) in [5, 5.41) is 0.644. The highest BCUT2D eigenvalue weighted by molar-refractivity contribution is 6.30. The van der Waals surface area contributed by atoms with E-state index in [0.29, 0.717) is 31.1 Å². The average Bonchev–Trinajstić information content (AvgIpc) is 3.16. The number of benzene rings is 1. The topological polar surface area (TPSA) is 69.6 Å². The number of carbonyl (C=O) groups is 2. The predicted octanol–water partition coefficient (Wildman–Crippen LogP) is 2.36. The maximum atomic E-state index is 13.6. The summed E-state index contributed by atoms with van der Waals surface area (Å²) in [5.74, 6) is 0.694. The lowest BCUT2D eigenvalue weighted by Crippen LogP contribution is -2.69. The lowest BCUT2D eigenvalue weighted by atomic mass is 9.89. The maximum Gasteiger partial charge on any atom is 0.251 e. The number of hydrogen-bond donors (Lipinski definition) is 0. The minimum atomic E-state index is -0.906. The SMILES string of the molecule is CC(C)N1CC(=O)N(Cc2ccc(Cl)cc2)[C@@]2(CCN(c3cnccn3)C2)C1=O. The molecule has 1 atom stereocenters. The Labute approximate surface area is 175 Å². The molecule has 29 heavy (non-hydrogen) atoms. The zero-order chi connectivity index (χ0) is 20.6. The summed E-state index contributed by atoms with van der Waals surface area (Å²) in [6.07, 6.45) is 5.51. The van der Waals surface area contributed by atoms with E-state index in [2.05, 4.69) is 9.97 Å². The number of halogens is 1. The number of nitrogens with zero attached hydrogens (tertiary/aromatic N) is 5. The van der Waals surface area contributed by atoms with Crippen molar-refractivity contribution in [1.82, 2.24) is 19.8 Å². The van der Waals surface area contributed by atoms with Gasteiger partial charge in [-0.05, 0) is 38.0 Å². The molecule has 0 radical (unpaired) electrons. The Kier molecular flexibility index (Phi) is 5.17. The van der Waals surface area contributed by atoms with Crippen LogP contribution >= 0.6 is 11.6 Å². The van der Waals surface area contributed by atoms with E-state index < -0.39 is 5.54 Å². The van der Waals surface area contributed by atoms with Crippen LogP contribution in [0.2, 0.25) is 5.02 Å². The van der Waals surface area contributed by atoms with Crippen LogP contribution in [0.15, 0.2) is 42.9 Å². The summed E-state index contributed by atoms with van der Waals surface area (Å²) >= 11 is 6.01. The molecule has 2 aliphatic heterocycles. The van der Waals surface area contributed by atoms with Crippen LogP contribution in [0.25, 0.3) is 0 Å². The summed E-state index contributed by atoms with van der Waals surface area (Å²) in [7, 11) is 0. The first kappa shape index (κ1) is 19.6. The van der Waals surface area contributed by atoms with Crippen molar-refractivity contribution >= 4 is 29.2 Å². The van der Waals surface area contributed by atoms with Gasteiger partial charge in [-0.2, -0.15) is 0 Å². The average molecular weight is 414 g/mol. The van der Waals surface area contributed by atoms with Crippen LogP contribution in [0.1, 0.15) is 25.8 Å². The van der Waals surface area contributed by atoms with Crippen LogP contribution in [0, 0.1) is 0 Å². The molecule has 152 valence electrons. The van der Waals surface area contributed by atoms with Crippen molar-refractivity contribution < 1.29 is 9.59 Å². The van der Waals surface area contributed by atoms with Crippen molar-refractivity contribution in [3.63, 3.8) is 0 Å². The molecule has 2 amide bonds. The van der Waals surface area contributed by atoms with E-state index in [1.54, 1.807) is 40.5 Å². The van der Waals surface area contributed by atoms with Gasteiger partial charge in [0, 0.05) is 36.5 Å². The molecule has 8 heteroatoms. The first-order chi connectivity index (χ1) is 13.9. The highest BCUT2D eigenvalue weighted by atomic mass is 35.5. The fourth-order valence-corrected chi connectivity index (χ4v) is 4.32. The molecular weight excluding hydrogens is 390 g/mol. The number of carbonyl (C=O) groups excluding carboxylic acids is 2. The second kappa shape index (κ2) is 7.63. The normalized spacial score (nSPS) is 22.3. The minimum Gasteiger partial charge on any atom is -0.352 e. The third-order valence-electron chi connectivity index (χ3n) is 5.78. The van der Waals surface area contributed by atoms with Crippen molar-refractivity contribution in [2.24, 2.45) is 0 Å². The molecule has 2 saturated heterocycles. The first-order valence-electron chi connectivity index (χ1n) is 9.78. The third-order valence-corrected chi connectivity index (χ3v) is 6.03. The Morgan fingerprint density at radius 2 is 1.93 bits per heavy atom. The minimum absolute atomic E-state index is 0.00690. The van der Waals surface area contributed by atoms with Crippen LogP contribution in [0.5, 0.6) is 0 Å². The second-order valence-corrected chi connectivity index (χ2v) is 8.34. The Hall–Kier alpha value is -2.67. The summed E-state index contributed by atoms with van der Waals surface area (Å²) in [6, 6.07) is 7.38. The van der Waals surface area contributed by atoms with Gasteiger partial charge in [-0.15, -0.1) is 0 Å². The van der Waals surface area contributed by atoms with Gasteiger partial charge in [0.15, 0.2) is 0 Å². The van der Waals surface area contributed by atoms with Crippen molar-refractivity contribution in [2.75, 3.05) is 24.5 Å². The number of rotatable bonds is 4. The Morgan fingerprint density at radius 1 is 1.17 bits per heavy atom. The molecule has 1 aromatic heterocycles. The van der Waals surface area contributed by atoms with Crippen molar-refractivity contribution in [3.8, 4) is 0 Å². The molecule has 2 aromatic rings. The van der Waals surface area contributed by atoms with Gasteiger partial charge in [-0.1, -0.05) is 23.7 Å². The number of aromatic nitrogens is 2. The van der Waals surface area contributed by atoms with Crippen molar-refractivity contribution in [2.45, 2.75) is 38.4 Å². The van der Waals surface area contributed by atoms with Gasteiger partial charge in [0.25, 0.3) is 5.91 Å². The molecule has 3 heterocycles. The van der Waals surface area contributed by atoms with Gasteiger partial charge in [0.1, 0.15) is 17.9 Å². The molecular formula is C21H24ClN5O2. The van der Waals surface area contributed by atoms with E-state index in [1.807, 2.05) is 30.9 Å². The van der Waals surface area contributed by atoms with Crippen LogP contribution < -0.4 is 4.90 Å². The molecule has 2 fully saturated rings. The maximum absolute atomic E-state index is 13.6. The smallest absolute Gasteiger partial charge is 0.251 e. The van der Waals surface area contributed by atoms with Crippen molar-refractivity contribution in [3.05, 3.63) is 53.4 Å². The first-order valence-corrected chi connectivity index (χ1v) is 10.2. The summed E-state index contributed by atoms with van der Waals surface area (Å²) < 4.78 is 0. The van der Waals surface area contributed by atoms with Gasteiger partial charge >= 0.3 is 0 Å².